The van der Waals surface area contributed by atoms with Crippen LogP contribution in [0.15, 0.2) is 47.8 Å². The molecule has 0 spiro atoms. The Morgan fingerprint density at radius 2 is 1.90 bits per heavy atom. The Hall–Kier alpha value is -2.21. The summed E-state index contributed by atoms with van der Waals surface area (Å²) in [6.45, 7) is 2.24. The second-order valence-electron chi connectivity index (χ2n) is 7.53. The molecule has 31 heavy (non-hydrogen) atoms. The van der Waals surface area contributed by atoms with Crippen LogP contribution in [0.3, 0.4) is 0 Å². The van der Waals surface area contributed by atoms with Crippen LogP contribution in [0.2, 0.25) is 0 Å². The number of aryl methyl sites for hydroxylation is 2. The lowest BCUT2D eigenvalue weighted by atomic mass is 9.88. The van der Waals surface area contributed by atoms with Crippen molar-refractivity contribution < 1.29 is 21.9 Å². The molecule has 1 aliphatic rings. The monoisotopic (exact) mass is 468 g/mol. The van der Waals surface area contributed by atoms with Gasteiger partial charge in [-0.15, -0.1) is 22.7 Å². The Balaban J connectivity index is 0.00000231. The molecule has 0 saturated heterocycles. The number of benzene rings is 1. The molecule has 3 aromatic heterocycles. The maximum Gasteiger partial charge on any atom is 0.310 e. The molecule has 1 aromatic carbocycles. The van der Waals surface area contributed by atoms with Gasteiger partial charge in [-0.2, -0.15) is 0 Å². The van der Waals surface area contributed by atoms with Crippen LogP contribution < -0.4 is 12.4 Å². The molecule has 4 aromatic rings. The molecule has 0 bridgehead atoms. The lowest BCUT2D eigenvalue weighted by Gasteiger charge is -2.17. The lowest BCUT2D eigenvalue weighted by Crippen LogP contribution is -3.00. The van der Waals surface area contributed by atoms with Gasteiger partial charge in [-0.25, -0.2) is 4.98 Å². The van der Waals surface area contributed by atoms with Gasteiger partial charge >= 0.3 is 5.97 Å². The van der Waals surface area contributed by atoms with Crippen LogP contribution in [0.5, 0.6) is 0 Å². The average Bonchev–Trinajstić information content (AvgIpc) is 3.42. The minimum Gasteiger partial charge on any atom is -1.00 e. The summed E-state index contributed by atoms with van der Waals surface area (Å²) in [5, 5.41) is 3.32. The molecule has 0 unspecified atom stereocenters. The van der Waals surface area contributed by atoms with Gasteiger partial charge in [-0.3, -0.25) is 4.79 Å². The lowest BCUT2D eigenvalue weighted by molar-refractivity contribution is -0.142. The largest absolute Gasteiger partial charge is 1.00 e. The molecule has 160 valence electrons. The second-order valence-corrected chi connectivity index (χ2v) is 9.56. The number of aromatic nitrogens is 1. The Kier molecular flexibility index (Phi) is 6.75. The van der Waals surface area contributed by atoms with Crippen LogP contribution >= 0.6 is 22.7 Å². The number of rotatable bonds is 5. The molecular weight excluding hydrogens is 446 g/mol. The number of carbonyl (C=O) groups is 1. The number of pyridine rings is 1. The first-order chi connectivity index (χ1) is 14.8. The fourth-order valence-corrected chi connectivity index (χ4v) is 6.41. The van der Waals surface area contributed by atoms with Gasteiger partial charge < -0.3 is 17.1 Å². The van der Waals surface area contributed by atoms with Gasteiger partial charge in [0.15, 0.2) is 0 Å². The molecule has 0 amide bonds. The predicted octanol–water partition coefficient (Wildman–Crippen LogP) is 3.68. The third-order valence-corrected chi connectivity index (χ3v) is 7.71. The molecule has 0 fully saturated rings. The van der Waals surface area contributed by atoms with E-state index in [2.05, 4.69) is 35.7 Å². The number of esters is 1. The van der Waals surface area contributed by atoms with Gasteiger partial charge in [0.2, 0.25) is 0 Å². The van der Waals surface area contributed by atoms with Crippen LogP contribution in [-0.2, 0) is 28.8 Å². The van der Waals surface area contributed by atoms with Crippen LogP contribution in [0, 0.1) is 0 Å². The molecule has 5 rings (SSSR count). The van der Waals surface area contributed by atoms with Crippen molar-refractivity contribution in [3.05, 3.63) is 63.8 Å². The average molecular weight is 469 g/mol. The highest BCUT2D eigenvalue weighted by Crippen LogP contribution is 2.45. The van der Waals surface area contributed by atoms with Crippen molar-refractivity contribution in [2.75, 3.05) is 6.61 Å². The summed E-state index contributed by atoms with van der Waals surface area (Å²) in [7, 11) is 0. The first-order valence-corrected chi connectivity index (χ1v) is 12.2. The molecule has 0 radical (unpaired) electrons. The molecule has 0 aliphatic heterocycles. The zero-order valence-corrected chi connectivity index (χ0v) is 19.7. The molecule has 0 atom stereocenters. The van der Waals surface area contributed by atoms with Crippen molar-refractivity contribution in [3.63, 3.8) is 0 Å². The maximum atomic E-state index is 12.6. The van der Waals surface area contributed by atoms with E-state index in [-0.39, 0.29) is 24.8 Å². The standard InChI is InChI=1S/C25H23NO2S2.ClH/c1-2-28-21(27)15-18-22(16-9-4-3-5-10-16)23-17-11-6-7-12-19(17)30-25(23)26-24(18)20-13-8-14-29-20;/h3-5,8-10,13-14H,2,6-7,11-12,15H2,1H3;1H/p-1. The zero-order valence-electron chi connectivity index (χ0n) is 17.3. The normalized spacial score (nSPS) is 12.9. The van der Waals surface area contributed by atoms with E-state index in [9.17, 15) is 4.79 Å². The number of hydrogen-bond acceptors (Lipinski definition) is 5. The van der Waals surface area contributed by atoms with Gasteiger partial charge in [-0.05, 0) is 66.3 Å². The van der Waals surface area contributed by atoms with Crippen LogP contribution in [0.1, 0.15) is 35.8 Å². The predicted molar refractivity (Wildman–Crippen MR) is 125 cm³/mol. The molecular formula is C25H23ClNO2S2-. The topological polar surface area (TPSA) is 39.2 Å². The number of nitrogens with zero attached hydrogens (tertiary/aromatic N) is 1. The summed E-state index contributed by atoms with van der Waals surface area (Å²) < 4.78 is 5.35. The zero-order chi connectivity index (χ0) is 20.5. The first kappa shape index (κ1) is 22.0. The van der Waals surface area contributed by atoms with E-state index in [1.807, 2.05) is 30.4 Å². The van der Waals surface area contributed by atoms with Gasteiger partial charge in [0.25, 0.3) is 0 Å². The highest BCUT2D eigenvalue weighted by molar-refractivity contribution is 7.19. The van der Waals surface area contributed by atoms with E-state index < -0.39 is 0 Å². The smallest absolute Gasteiger partial charge is 0.310 e. The van der Waals surface area contributed by atoms with Crippen LogP contribution in [-0.4, -0.2) is 17.6 Å². The van der Waals surface area contributed by atoms with Crippen molar-refractivity contribution in [1.82, 2.24) is 4.98 Å². The highest BCUT2D eigenvalue weighted by Gasteiger charge is 2.26. The van der Waals surface area contributed by atoms with Gasteiger partial charge in [0.05, 0.1) is 23.6 Å². The Morgan fingerprint density at radius 1 is 1.10 bits per heavy atom. The summed E-state index contributed by atoms with van der Waals surface area (Å²) in [4.78, 5) is 21.4. The van der Waals surface area contributed by atoms with Gasteiger partial charge in [-0.1, -0.05) is 36.4 Å². The van der Waals surface area contributed by atoms with E-state index in [1.165, 1.54) is 28.7 Å². The first-order valence-electron chi connectivity index (χ1n) is 10.5. The Labute approximate surface area is 196 Å². The van der Waals surface area contributed by atoms with Gasteiger partial charge in [0.1, 0.15) is 4.83 Å². The fraction of sp³-hybridized carbons (Fsp3) is 0.280. The maximum absolute atomic E-state index is 12.6. The van der Waals surface area contributed by atoms with E-state index in [4.69, 9.17) is 9.72 Å². The van der Waals surface area contributed by atoms with E-state index in [0.29, 0.717) is 6.61 Å². The minimum atomic E-state index is -0.197. The molecule has 3 nitrogen and oxygen atoms in total. The minimum absolute atomic E-state index is 0. The van der Waals surface area contributed by atoms with Crippen molar-refractivity contribution in [2.45, 2.75) is 39.0 Å². The number of hydrogen-bond donors (Lipinski definition) is 0. The third-order valence-electron chi connectivity index (χ3n) is 5.65. The van der Waals surface area contributed by atoms with Crippen LogP contribution in [0.4, 0.5) is 0 Å². The fourth-order valence-electron chi connectivity index (χ4n) is 4.40. The van der Waals surface area contributed by atoms with Crippen molar-refractivity contribution in [3.8, 4) is 21.7 Å². The quantitative estimate of drug-likeness (QED) is 0.419. The summed E-state index contributed by atoms with van der Waals surface area (Å²) in [5.74, 6) is -0.197. The van der Waals surface area contributed by atoms with E-state index in [0.717, 1.165) is 44.9 Å². The summed E-state index contributed by atoms with van der Waals surface area (Å²) in [6.07, 6.45) is 4.92. The number of thiophene rings is 2. The van der Waals surface area contributed by atoms with Gasteiger partial charge in [0, 0.05) is 10.3 Å². The Bertz CT molecular complexity index is 1200. The van der Waals surface area contributed by atoms with Crippen LogP contribution in [0.25, 0.3) is 31.9 Å². The SMILES string of the molecule is CCOC(=O)Cc1c(-c2cccs2)nc2sc3c(c2c1-c1ccccc1)CCCC3.[Cl-]. The second kappa shape index (κ2) is 9.51. The Morgan fingerprint density at radius 3 is 2.65 bits per heavy atom. The molecule has 6 heteroatoms. The number of carbonyl (C=O) groups excluding carboxylic acids is 1. The summed E-state index contributed by atoms with van der Waals surface area (Å²) in [5.41, 5.74) is 5.66. The van der Waals surface area contributed by atoms with Crippen molar-refractivity contribution >= 4 is 38.9 Å². The summed E-state index contributed by atoms with van der Waals surface area (Å²) in [6, 6.07) is 14.6. The number of ether oxygens (including phenoxy) is 1. The van der Waals surface area contributed by atoms with Crippen molar-refractivity contribution in [1.29, 1.82) is 0 Å². The molecule has 3 heterocycles. The number of halogens is 1. The molecule has 0 saturated carbocycles. The number of fused-ring (bicyclic) bond motifs is 3. The van der Waals surface area contributed by atoms with Crippen molar-refractivity contribution in [2.24, 2.45) is 0 Å². The summed E-state index contributed by atoms with van der Waals surface area (Å²) >= 11 is 3.50. The molecule has 1 aliphatic carbocycles. The molecule has 0 N–H and O–H groups in total. The van der Waals surface area contributed by atoms with E-state index in [1.54, 1.807) is 11.3 Å². The third kappa shape index (κ3) is 4.14. The highest BCUT2D eigenvalue weighted by atomic mass is 35.5. The van der Waals surface area contributed by atoms with E-state index >= 15 is 0 Å².